The van der Waals surface area contributed by atoms with Gasteiger partial charge in [0, 0.05) is 39.8 Å². The molecule has 0 N–H and O–H groups in total. The molecule has 0 radical (unpaired) electrons. The molecule has 2 aromatic carbocycles. The fourth-order valence-electron chi connectivity index (χ4n) is 3.36. The van der Waals surface area contributed by atoms with E-state index < -0.39 is 6.10 Å². The van der Waals surface area contributed by atoms with Gasteiger partial charge in [-0.15, -0.1) is 10.2 Å². The van der Waals surface area contributed by atoms with E-state index in [4.69, 9.17) is 39.5 Å². The van der Waals surface area contributed by atoms with E-state index in [1.807, 2.05) is 18.2 Å². The quantitative estimate of drug-likeness (QED) is 0.478. The summed E-state index contributed by atoms with van der Waals surface area (Å²) in [6, 6.07) is 15.8. The molecule has 1 aromatic heterocycles. The number of hydrogen-bond donors (Lipinski definition) is 0. The maximum absolute atomic E-state index is 12.5. The molecule has 0 unspecified atom stereocenters. The number of nitrogens with zero attached hydrogens (tertiary/aromatic N) is 3. The van der Waals surface area contributed by atoms with Crippen LogP contribution in [0, 0.1) is 0 Å². The van der Waals surface area contributed by atoms with Crippen LogP contribution in [-0.4, -0.2) is 34.1 Å². The second-order valence-corrected chi connectivity index (χ2v) is 8.25. The van der Waals surface area contributed by atoms with E-state index in [2.05, 4.69) is 10.2 Å². The van der Waals surface area contributed by atoms with Crippen molar-refractivity contribution >= 4 is 40.7 Å². The second kappa shape index (κ2) is 9.21. The Bertz CT molecular complexity index is 1040. The van der Waals surface area contributed by atoms with Crippen molar-refractivity contribution in [3.8, 4) is 5.88 Å². The topological polar surface area (TPSA) is 55.3 Å². The largest absolute Gasteiger partial charge is 0.463 e. The van der Waals surface area contributed by atoms with Crippen LogP contribution in [0.15, 0.2) is 54.6 Å². The molecule has 1 fully saturated rings. The van der Waals surface area contributed by atoms with Crippen LogP contribution >= 0.6 is 34.8 Å². The number of carbonyl (C=O) groups excluding carboxylic acids is 1. The zero-order valence-corrected chi connectivity index (χ0v) is 18.2. The van der Waals surface area contributed by atoms with Crippen LogP contribution in [0.4, 0.5) is 0 Å². The maximum Gasteiger partial charge on any atom is 0.274 e. The maximum atomic E-state index is 12.5. The standard InChI is InChI=1S/C22H18Cl3N3O2/c23-15-5-3-14(4-6-15)21(17-8-7-16(24)13-18(17)25)30-20-10-9-19(26-27-20)22(29)28-11-1-2-12-28/h3-10,13,21H,1-2,11-12H2/t21-/m0/s1. The minimum atomic E-state index is -0.554. The number of benzene rings is 2. The average Bonchev–Trinajstić information content (AvgIpc) is 3.28. The smallest absolute Gasteiger partial charge is 0.274 e. The highest BCUT2D eigenvalue weighted by atomic mass is 35.5. The van der Waals surface area contributed by atoms with Gasteiger partial charge in [0.05, 0.1) is 0 Å². The predicted octanol–water partition coefficient (Wildman–Crippen LogP) is 5.84. The predicted molar refractivity (Wildman–Crippen MR) is 118 cm³/mol. The Morgan fingerprint density at radius 1 is 0.900 bits per heavy atom. The first-order valence-corrected chi connectivity index (χ1v) is 10.6. The molecule has 154 valence electrons. The van der Waals surface area contributed by atoms with Gasteiger partial charge in [0.2, 0.25) is 5.88 Å². The van der Waals surface area contributed by atoms with Gasteiger partial charge in [-0.2, -0.15) is 0 Å². The molecule has 2 heterocycles. The molecule has 1 amide bonds. The molecule has 1 saturated heterocycles. The first-order chi connectivity index (χ1) is 14.5. The number of halogens is 3. The number of carbonyl (C=O) groups is 1. The fourth-order valence-corrected chi connectivity index (χ4v) is 4.00. The number of aromatic nitrogens is 2. The number of rotatable bonds is 5. The van der Waals surface area contributed by atoms with Gasteiger partial charge in [-0.1, -0.05) is 53.0 Å². The summed E-state index contributed by atoms with van der Waals surface area (Å²) < 4.78 is 6.14. The van der Waals surface area contributed by atoms with Gasteiger partial charge in [0.15, 0.2) is 11.8 Å². The van der Waals surface area contributed by atoms with E-state index in [1.54, 1.807) is 41.3 Å². The van der Waals surface area contributed by atoms with E-state index >= 15 is 0 Å². The summed E-state index contributed by atoms with van der Waals surface area (Å²) in [5.41, 5.74) is 1.86. The van der Waals surface area contributed by atoms with Crippen molar-refractivity contribution in [2.75, 3.05) is 13.1 Å². The van der Waals surface area contributed by atoms with Gasteiger partial charge in [-0.25, -0.2) is 0 Å². The molecule has 0 spiro atoms. The van der Waals surface area contributed by atoms with Crippen molar-refractivity contribution in [1.82, 2.24) is 15.1 Å². The van der Waals surface area contributed by atoms with E-state index in [-0.39, 0.29) is 11.8 Å². The van der Waals surface area contributed by atoms with Crippen LogP contribution in [0.2, 0.25) is 15.1 Å². The van der Waals surface area contributed by atoms with E-state index in [0.29, 0.717) is 20.8 Å². The highest BCUT2D eigenvalue weighted by Crippen LogP contribution is 2.34. The van der Waals surface area contributed by atoms with Gasteiger partial charge in [0.25, 0.3) is 5.91 Å². The molecule has 1 atom stereocenters. The van der Waals surface area contributed by atoms with Crippen LogP contribution in [-0.2, 0) is 0 Å². The summed E-state index contributed by atoms with van der Waals surface area (Å²) in [5.74, 6) is 0.167. The Labute approximate surface area is 189 Å². The molecule has 30 heavy (non-hydrogen) atoms. The number of likely N-dealkylation sites (tertiary alicyclic amines) is 1. The second-order valence-electron chi connectivity index (χ2n) is 6.97. The number of amides is 1. The SMILES string of the molecule is O=C(c1ccc(O[C@@H](c2ccc(Cl)cc2)c2ccc(Cl)cc2Cl)nn1)N1CCCC1. The van der Waals surface area contributed by atoms with Crippen molar-refractivity contribution in [1.29, 1.82) is 0 Å². The van der Waals surface area contributed by atoms with Gasteiger partial charge in [0.1, 0.15) is 0 Å². The molecule has 0 saturated carbocycles. The Morgan fingerprint density at radius 3 is 2.23 bits per heavy atom. The normalized spacial score (nSPS) is 14.6. The molecular weight excluding hydrogens is 445 g/mol. The lowest BCUT2D eigenvalue weighted by molar-refractivity contribution is 0.0785. The van der Waals surface area contributed by atoms with Crippen LogP contribution in [0.3, 0.4) is 0 Å². The zero-order chi connectivity index (χ0) is 21.1. The highest BCUT2D eigenvalue weighted by Gasteiger charge is 2.23. The third-order valence-electron chi connectivity index (χ3n) is 4.91. The Hall–Kier alpha value is -2.34. The lowest BCUT2D eigenvalue weighted by atomic mass is 10.0. The first kappa shape index (κ1) is 20.9. The molecule has 4 rings (SSSR count). The van der Waals surface area contributed by atoms with E-state index in [1.165, 1.54) is 0 Å². The molecule has 8 heteroatoms. The lowest BCUT2D eigenvalue weighted by Crippen LogP contribution is -2.28. The summed E-state index contributed by atoms with van der Waals surface area (Å²) in [6.07, 6.45) is 1.48. The monoisotopic (exact) mass is 461 g/mol. The van der Waals surface area contributed by atoms with Gasteiger partial charge >= 0.3 is 0 Å². The summed E-state index contributed by atoms with van der Waals surface area (Å²) in [6.45, 7) is 1.51. The third kappa shape index (κ3) is 4.69. The van der Waals surface area contributed by atoms with Crippen molar-refractivity contribution in [3.05, 3.63) is 86.5 Å². The van der Waals surface area contributed by atoms with Crippen molar-refractivity contribution < 1.29 is 9.53 Å². The number of ether oxygens (including phenoxy) is 1. The van der Waals surface area contributed by atoms with Crippen LogP contribution < -0.4 is 4.74 Å². The first-order valence-electron chi connectivity index (χ1n) is 9.51. The zero-order valence-electron chi connectivity index (χ0n) is 15.9. The minimum Gasteiger partial charge on any atom is -0.463 e. The molecule has 0 bridgehead atoms. The van der Waals surface area contributed by atoms with Crippen LogP contribution in [0.25, 0.3) is 0 Å². The van der Waals surface area contributed by atoms with Gasteiger partial charge in [-0.05, 0) is 48.7 Å². The number of hydrogen-bond acceptors (Lipinski definition) is 4. The highest BCUT2D eigenvalue weighted by molar-refractivity contribution is 6.35. The fraction of sp³-hybridized carbons (Fsp3) is 0.227. The molecule has 0 aliphatic carbocycles. The lowest BCUT2D eigenvalue weighted by Gasteiger charge is -2.21. The van der Waals surface area contributed by atoms with Crippen molar-refractivity contribution in [2.45, 2.75) is 18.9 Å². The Morgan fingerprint density at radius 2 is 1.60 bits per heavy atom. The van der Waals surface area contributed by atoms with Crippen LogP contribution in [0.5, 0.6) is 5.88 Å². The molecule has 3 aromatic rings. The summed E-state index contributed by atoms with van der Waals surface area (Å²) >= 11 is 18.5. The van der Waals surface area contributed by atoms with E-state index in [0.717, 1.165) is 37.1 Å². The molecule has 1 aliphatic heterocycles. The van der Waals surface area contributed by atoms with E-state index in [9.17, 15) is 4.79 Å². The molecule has 1 aliphatic rings. The summed E-state index contributed by atoms with van der Waals surface area (Å²) in [4.78, 5) is 14.3. The van der Waals surface area contributed by atoms with Crippen molar-refractivity contribution in [2.24, 2.45) is 0 Å². The van der Waals surface area contributed by atoms with Crippen molar-refractivity contribution in [3.63, 3.8) is 0 Å². The average molecular weight is 463 g/mol. The third-order valence-corrected chi connectivity index (χ3v) is 5.72. The molecular formula is C22H18Cl3N3O2. The molecule has 5 nitrogen and oxygen atoms in total. The summed E-state index contributed by atoms with van der Waals surface area (Å²) in [7, 11) is 0. The Kier molecular flexibility index (Phi) is 6.42. The van der Waals surface area contributed by atoms with Gasteiger partial charge < -0.3 is 9.64 Å². The van der Waals surface area contributed by atoms with Gasteiger partial charge in [-0.3, -0.25) is 4.79 Å². The Balaban J connectivity index is 1.61. The van der Waals surface area contributed by atoms with Crippen LogP contribution in [0.1, 0.15) is 40.6 Å². The summed E-state index contributed by atoms with van der Waals surface area (Å²) in [5, 5.41) is 9.80. The minimum absolute atomic E-state index is 0.110.